The summed E-state index contributed by atoms with van der Waals surface area (Å²) in [4.78, 5) is 12.4. The number of para-hydroxylation sites is 1. The van der Waals surface area contributed by atoms with Crippen molar-refractivity contribution in [3.63, 3.8) is 0 Å². The first-order valence-corrected chi connectivity index (χ1v) is 7.61. The van der Waals surface area contributed by atoms with Crippen LogP contribution in [0.3, 0.4) is 0 Å². The number of amides is 1. The van der Waals surface area contributed by atoms with Crippen molar-refractivity contribution in [3.8, 4) is 5.75 Å². The summed E-state index contributed by atoms with van der Waals surface area (Å²) in [5.74, 6) is 0.995. The number of anilines is 1. The summed E-state index contributed by atoms with van der Waals surface area (Å²) in [7, 11) is 1.58. The van der Waals surface area contributed by atoms with E-state index < -0.39 is 0 Å². The predicted octanol–water partition coefficient (Wildman–Crippen LogP) is 4.77. The average molecular weight is 297 g/mol. The SMILES string of the molecule is CC[C@H](C)c1ccc(NC(=O)c2cccc(C)c2OC)cc1. The van der Waals surface area contributed by atoms with Crippen molar-refractivity contribution in [2.45, 2.75) is 33.1 Å². The van der Waals surface area contributed by atoms with Gasteiger partial charge in [0.25, 0.3) is 5.91 Å². The molecular weight excluding hydrogens is 274 g/mol. The molecule has 0 saturated carbocycles. The Kier molecular flexibility index (Phi) is 5.21. The fourth-order valence-corrected chi connectivity index (χ4v) is 2.43. The maximum Gasteiger partial charge on any atom is 0.259 e. The summed E-state index contributed by atoms with van der Waals surface area (Å²) in [5, 5.41) is 2.93. The summed E-state index contributed by atoms with van der Waals surface area (Å²) >= 11 is 0. The number of hydrogen-bond acceptors (Lipinski definition) is 2. The number of carbonyl (C=O) groups excluding carboxylic acids is 1. The Bertz CT molecular complexity index is 647. The largest absolute Gasteiger partial charge is 0.496 e. The van der Waals surface area contributed by atoms with Crippen LogP contribution in [-0.2, 0) is 0 Å². The molecule has 0 aliphatic rings. The molecule has 2 aromatic carbocycles. The van der Waals surface area contributed by atoms with Crippen molar-refractivity contribution in [2.24, 2.45) is 0 Å². The molecular formula is C19H23NO2. The normalized spacial score (nSPS) is 11.8. The molecule has 0 unspecified atom stereocenters. The highest BCUT2D eigenvalue weighted by atomic mass is 16.5. The zero-order valence-electron chi connectivity index (χ0n) is 13.6. The van der Waals surface area contributed by atoms with Crippen LogP contribution in [0.15, 0.2) is 42.5 Å². The molecule has 1 atom stereocenters. The second-order valence-corrected chi connectivity index (χ2v) is 5.54. The van der Waals surface area contributed by atoms with Gasteiger partial charge in [-0.1, -0.05) is 38.1 Å². The quantitative estimate of drug-likeness (QED) is 0.863. The lowest BCUT2D eigenvalue weighted by Gasteiger charge is -2.13. The van der Waals surface area contributed by atoms with E-state index in [0.29, 0.717) is 17.2 Å². The molecule has 0 heterocycles. The van der Waals surface area contributed by atoms with Gasteiger partial charge in [-0.2, -0.15) is 0 Å². The first-order valence-electron chi connectivity index (χ1n) is 7.61. The van der Waals surface area contributed by atoms with Gasteiger partial charge in [-0.15, -0.1) is 0 Å². The van der Waals surface area contributed by atoms with Crippen LogP contribution in [0.1, 0.15) is 47.7 Å². The predicted molar refractivity (Wildman–Crippen MR) is 90.8 cm³/mol. The zero-order chi connectivity index (χ0) is 16.1. The van der Waals surface area contributed by atoms with E-state index in [1.54, 1.807) is 13.2 Å². The van der Waals surface area contributed by atoms with Gasteiger partial charge < -0.3 is 10.1 Å². The summed E-state index contributed by atoms with van der Waals surface area (Å²) < 4.78 is 5.34. The van der Waals surface area contributed by atoms with Crippen LogP contribution in [0.4, 0.5) is 5.69 Å². The van der Waals surface area contributed by atoms with Gasteiger partial charge in [-0.3, -0.25) is 4.79 Å². The number of aryl methyl sites for hydroxylation is 1. The number of rotatable bonds is 5. The van der Waals surface area contributed by atoms with E-state index in [2.05, 4.69) is 31.3 Å². The number of hydrogen-bond donors (Lipinski definition) is 1. The van der Waals surface area contributed by atoms with Gasteiger partial charge in [0, 0.05) is 5.69 Å². The summed E-state index contributed by atoms with van der Waals surface area (Å²) in [6.07, 6.45) is 1.10. The lowest BCUT2D eigenvalue weighted by molar-refractivity contribution is 0.102. The maximum absolute atomic E-state index is 12.4. The van der Waals surface area contributed by atoms with Crippen molar-refractivity contribution in [2.75, 3.05) is 12.4 Å². The number of ether oxygens (including phenoxy) is 1. The van der Waals surface area contributed by atoms with Gasteiger partial charge in [0.05, 0.1) is 12.7 Å². The molecule has 0 spiro atoms. The minimum Gasteiger partial charge on any atom is -0.496 e. The van der Waals surface area contributed by atoms with Crippen LogP contribution in [0.25, 0.3) is 0 Å². The van der Waals surface area contributed by atoms with Gasteiger partial charge in [-0.05, 0) is 48.6 Å². The Balaban J connectivity index is 2.17. The average Bonchev–Trinajstić information content (AvgIpc) is 2.54. The molecule has 3 heteroatoms. The maximum atomic E-state index is 12.4. The Hall–Kier alpha value is -2.29. The Morgan fingerprint density at radius 3 is 2.45 bits per heavy atom. The van der Waals surface area contributed by atoms with E-state index in [1.807, 2.05) is 31.2 Å². The molecule has 0 aliphatic carbocycles. The standard InChI is InChI=1S/C19H23NO2/c1-5-13(2)15-9-11-16(12-10-15)20-19(21)17-8-6-7-14(3)18(17)22-4/h6-13H,5H2,1-4H3,(H,20,21)/t13-/m0/s1. The minimum atomic E-state index is -0.156. The van der Waals surface area contributed by atoms with Gasteiger partial charge in [0.2, 0.25) is 0 Å². The molecule has 1 amide bonds. The molecule has 0 radical (unpaired) electrons. The minimum absolute atomic E-state index is 0.156. The molecule has 0 aromatic heterocycles. The summed E-state index contributed by atoms with van der Waals surface area (Å²) in [6, 6.07) is 13.6. The number of methoxy groups -OCH3 is 1. The lowest BCUT2D eigenvalue weighted by Crippen LogP contribution is -2.13. The Morgan fingerprint density at radius 2 is 1.86 bits per heavy atom. The third-order valence-electron chi connectivity index (χ3n) is 4.01. The summed E-state index contributed by atoms with van der Waals surface area (Å²) in [5.41, 5.74) is 3.57. The first-order chi connectivity index (χ1) is 10.6. The smallest absolute Gasteiger partial charge is 0.259 e. The van der Waals surface area contributed by atoms with E-state index >= 15 is 0 Å². The number of nitrogens with one attached hydrogen (secondary N) is 1. The molecule has 22 heavy (non-hydrogen) atoms. The molecule has 0 fully saturated rings. The lowest BCUT2D eigenvalue weighted by atomic mass is 9.98. The van der Waals surface area contributed by atoms with E-state index in [0.717, 1.165) is 17.7 Å². The Morgan fingerprint density at radius 1 is 1.18 bits per heavy atom. The fourth-order valence-electron chi connectivity index (χ4n) is 2.43. The molecule has 0 aliphatic heterocycles. The van der Waals surface area contributed by atoms with Gasteiger partial charge in [0.1, 0.15) is 5.75 Å². The van der Waals surface area contributed by atoms with E-state index in [1.165, 1.54) is 5.56 Å². The number of benzene rings is 2. The second kappa shape index (κ2) is 7.12. The van der Waals surface area contributed by atoms with Crippen molar-refractivity contribution in [1.82, 2.24) is 0 Å². The van der Waals surface area contributed by atoms with Crippen LogP contribution in [-0.4, -0.2) is 13.0 Å². The highest BCUT2D eigenvalue weighted by Crippen LogP contribution is 2.25. The van der Waals surface area contributed by atoms with Crippen LogP contribution < -0.4 is 10.1 Å². The highest BCUT2D eigenvalue weighted by molar-refractivity contribution is 6.06. The van der Waals surface area contributed by atoms with E-state index in [4.69, 9.17) is 4.74 Å². The van der Waals surface area contributed by atoms with E-state index in [-0.39, 0.29) is 5.91 Å². The molecule has 0 bridgehead atoms. The van der Waals surface area contributed by atoms with Gasteiger partial charge >= 0.3 is 0 Å². The van der Waals surface area contributed by atoms with Crippen molar-refractivity contribution in [3.05, 3.63) is 59.2 Å². The molecule has 116 valence electrons. The molecule has 2 aromatic rings. The first kappa shape index (κ1) is 16.1. The van der Waals surface area contributed by atoms with Crippen LogP contribution >= 0.6 is 0 Å². The molecule has 0 saturated heterocycles. The van der Waals surface area contributed by atoms with Gasteiger partial charge in [-0.25, -0.2) is 0 Å². The Labute approximate surface area is 132 Å². The second-order valence-electron chi connectivity index (χ2n) is 5.54. The van der Waals surface area contributed by atoms with Gasteiger partial charge in [0.15, 0.2) is 0 Å². The van der Waals surface area contributed by atoms with Crippen LogP contribution in [0.2, 0.25) is 0 Å². The van der Waals surface area contributed by atoms with Crippen LogP contribution in [0, 0.1) is 6.92 Å². The van der Waals surface area contributed by atoms with Crippen molar-refractivity contribution < 1.29 is 9.53 Å². The van der Waals surface area contributed by atoms with Crippen molar-refractivity contribution >= 4 is 11.6 Å². The molecule has 2 rings (SSSR count). The topological polar surface area (TPSA) is 38.3 Å². The number of carbonyl (C=O) groups is 1. The highest BCUT2D eigenvalue weighted by Gasteiger charge is 2.14. The summed E-state index contributed by atoms with van der Waals surface area (Å²) in [6.45, 7) is 6.30. The fraction of sp³-hybridized carbons (Fsp3) is 0.316. The molecule has 3 nitrogen and oxygen atoms in total. The molecule has 1 N–H and O–H groups in total. The van der Waals surface area contributed by atoms with E-state index in [9.17, 15) is 4.79 Å². The monoisotopic (exact) mass is 297 g/mol. The van der Waals surface area contributed by atoms with Crippen LogP contribution in [0.5, 0.6) is 5.75 Å². The zero-order valence-corrected chi connectivity index (χ0v) is 13.6. The van der Waals surface area contributed by atoms with Crippen molar-refractivity contribution in [1.29, 1.82) is 0 Å². The third-order valence-corrected chi connectivity index (χ3v) is 4.01. The third kappa shape index (κ3) is 3.48.